The fourth-order valence-electron chi connectivity index (χ4n) is 4.52. The highest BCUT2D eigenvalue weighted by molar-refractivity contribution is 5.81. The first kappa shape index (κ1) is 26.4. The molecule has 1 unspecified atom stereocenters. The van der Waals surface area contributed by atoms with Crippen LogP contribution in [0, 0.1) is 6.92 Å². The van der Waals surface area contributed by atoms with Gasteiger partial charge in [0.05, 0.1) is 11.9 Å². The van der Waals surface area contributed by atoms with E-state index in [-0.39, 0.29) is 17.4 Å². The number of carboxylic acids is 1. The van der Waals surface area contributed by atoms with Gasteiger partial charge in [0, 0.05) is 29.9 Å². The molecule has 3 heterocycles. The van der Waals surface area contributed by atoms with Gasteiger partial charge < -0.3 is 20.6 Å². The molecule has 0 fully saturated rings. The standard InChI is InChI=1S/C29H27N7O4/c1-17-13-18(14-31-3)9-11-21(17)26-34-35-27(40-26)24-25(30)32-15-22(33-24)19-10-12-23(37)36(16-19)29(2,28(38)39)20-7-5-4-6-8-20/h4-13,15-16,31H,14H2,1-3H3,(H2,30,32)(H,38,39). The summed E-state index contributed by atoms with van der Waals surface area (Å²) in [7, 11) is 1.88. The minimum absolute atomic E-state index is 0.0769. The summed E-state index contributed by atoms with van der Waals surface area (Å²) in [6.45, 7) is 4.17. The second-order valence-electron chi connectivity index (χ2n) is 9.45. The second-order valence-corrected chi connectivity index (χ2v) is 9.45. The summed E-state index contributed by atoms with van der Waals surface area (Å²) in [6, 6.07) is 17.3. The van der Waals surface area contributed by atoms with Crippen molar-refractivity contribution < 1.29 is 14.3 Å². The maximum Gasteiger partial charge on any atom is 0.334 e. The zero-order valence-corrected chi connectivity index (χ0v) is 22.1. The van der Waals surface area contributed by atoms with E-state index in [1.807, 2.05) is 32.2 Å². The number of hydrogen-bond acceptors (Lipinski definition) is 9. The third kappa shape index (κ3) is 4.74. The summed E-state index contributed by atoms with van der Waals surface area (Å²) in [6.07, 6.45) is 2.88. The fraction of sp³-hybridized carbons (Fsp3) is 0.172. The SMILES string of the molecule is CNCc1ccc(-c2nnc(-c3nc(-c4ccc(=O)n(C(C)(C(=O)O)c5ccccc5)c4)cnc3N)o2)c(C)c1. The van der Waals surface area contributed by atoms with E-state index in [2.05, 4.69) is 25.5 Å². The number of anilines is 1. The van der Waals surface area contributed by atoms with Gasteiger partial charge in [-0.3, -0.25) is 9.36 Å². The van der Waals surface area contributed by atoms with Crippen LogP contribution >= 0.6 is 0 Å². The quantitative estimate of drug-likeness (QED) is 0.267. The average Bonchev–Trinajstić information content (AvgIpc) is 3.43. The Balaban J connectivity index is 1.55. The van der Waals surface area contributed by atoms with Gasteiger partial charge in [-0.2, -0.15) is 0 Å². The Labute approximate surface area is 229 Å². The molecule has 0 saturated heterocycles. The lowest BCUT2D eigenvalue weighted by Gasteiger charge is -2.28. The first-order valence-electron chi connectivity index (χ1n) is 12.5. The maximum absolute atomic E-state index is 12.9. The van der Waals surface area contributed by atoms with E-state index in [4.69, 9.17) is 10.2 Å². The van der Waals surface area contributed by atoms with Gasteiger partial charge in [-0.05, 0) is 49.7 Å². The average molecular weight is 538 g/mol. The van der Waals surface area contributed by atoms with Gasteiger partial charge in [0.1, 0.15) is 0 Å². The molecular weight excluding hydrogens is 510 g/mol. The van der Waals surface area contributed by atoms with E-state index >= 15 is 0 Å². The lowest BCUT2D eigenvalue weighted by Crippen LogP contribution is -2.45. The first-order valence-corrected chi connectivity index (χ1v) is 12.5. The van der Waals surface area contributed by atoms with Gasteiger partial charge in [-0.25, -0.2) is 14.8 Å². The Hall–Kier alpha value is -5.16. The Morgan fingerprint density at radius 1 is 1.10 bits per heavy atom. The molecule has 4 N–H and O–H groups in total. The van der Waals surface area contributed by atoms with Gasteiger partial charge in [0.15, 0.2) is 17.1 Å². The van der Waals surface area contributed by atoms with Crippen molar-refractivity contribution in [2.45, 2.75) is 25.9 Å². The summed E-state index contributed by atoms with van der Waals surface area (Å²) in [5, 5.41) is 21.6. The van der Waals surface area contributed by atoms with Crippen molar-refractivity contribution in [2.75, 3.05) is 12.8 Å². The predicted molar refractivity (Wildman–Crippen MR) is 149 cm³/mol. The van der Waals surface area contributed by atoms with Gasteiger partial charge in [0.25, 0.3) is 11.4 Å². The summed E-state index contributed by atoms with van der Waals surface area (Å²) in [5.74, 6) is -0.722. The van der Waals surface area contributed by atoms with Crippen LogP contribution in [0.3, 0.4) is 0 Å². The van der Waals surface area contributed by atoms with E-state index < -0.39 is 17.1 Å². The van der Waals surface area contributed by atoms with E-state index in [1.165, 1.54) is 30.0 Å². The van der Waals surface area contributed by atoms with Gasteiger partial charge in [-0.15, -0.1) is 10.2 Å². The number of nitrogens with two attached hydrogens (primary N) is 1. The Bertz CT molecular complexity index is 1760. The largest absolute Gasteiger partial charge is 0.479 e. The van der Waals surface area contributed by atoms with Crippen LogP contribution in [0.5, 0.6) is 0 Å². The normalized spacial score (nSPS) is 12.7. The summed E-state index contributed by atoms with van der Waals surface area (Å²) >= 11 is 0. The smallest absolute Gasteiger partial charge is 0.334 e. The summed E-state index contributed by atoms with van der Waals surface area (Å²) < 4.78 is 7.11. The second kappa shape index (κ2) is 10.5. The number of carboxylic acid groups (broad SMARTS) is 1. The lowest BCUT2D eigenvalue weighted by molar-refractivity contribution is -0.144. The minimum Gasteiger partial charge on any atom is -0.479 e. The number of nitrogen functional groups attached to an aromatic ring is 1. The molecule has 2 aromatic carbocycles. The van der Waals surface area contributed by atoms with Crippen LogP contribution in [0.25, 0.3) is 34.3 Å². The van der Waals surface area contributed by atoms with E-state index in [9.17, 15) is 14.7 Å². The van der Waals surface area contributed by atoms with E-state index in [0.717, 1.165) is 23.2 Å². The molecule has 0 amide bonds. The first-order chi connectivity index (χ1) is 19.2. The Kier molecular flexibility index (Phi) is 6.97. The molecule has 40 heavy (non-hydrogen) atoms. The molecule has 0 spiro atoms. The number of benzene rings is 2. The Morgan fingerprint density at radius 3 is 2.55 bits per heavy atom. The maximum atomic E-state index is 12.9. The van der Waals surface area contributed by atoms with Crippen molar-refractivity contribution in [2.24, 2.45) is 0 Å². The van der Waals surface area contributed by atoms with Gasteiger partial charge in [-0.1, -0.05) is 42.5 Å². The highest BCUT2D eigenvalue weighted by Crippen LogP contribution is 2.31. The number of hydrogen-bond donors (Lipinski definition) is 3. The molecule has 3 aromatic heterocycles. The predicted octanol–water partition coefficient (Wildman–Crippen LogP) is 3.48. The molecule has 1 atom stereocenters. The number of nitrogens with zero attached hydrogens (tertiary/aromatic N) is 5. The monoisotopic (exact) mass is 537 g/mol. The molecule has 11 nitrogen and oxygen atoms in total. The zero-order valence-electron chi connectivity index (χ0n) is 22.1. The van der Waals surface area contributed by atoms with Crippen LogP contribution in [-0.4, -0.2) is 42.9 Å². The molecule has 11 heteroatoms. The molecule has 0 aliphatic heterocycles. The number of carbonyl (C=O) groups is 1. The fourth-order valence-corrected chi connectivity index (χ4v) is 4.52. The van der Waals surface area contributed by atoms with E-state index in [0.29, 0.717) is 22.7 Å². The summed E-state index contributed by atoms with van der Waals surface area (Å²) in [5.41, 5.74) is 8.25. The van der Waals surface area contributed by atoms with Crippen molar-refractivity contribution in [3.05, 3.63) is 100 Å². The van der Waals surface area contributed by atoms with Gasteiger partial charge >= 0.3 is 5.97 Å². The van der Waals surface area contributed by atoms with Crippen molar-refractivity contribution in [1.82, 2.24) is 30.0 Å². The molecule has 5 aromatic rings. The van der Waals surface area contributed by atoms with Crippen molar-refractivity contribution in [3.8, 4) is 34.3 Å². The third-order valence-corrected chi connectivity index (χ3v) is 6.77. The number of aromatic nitrogens is 5. The topological polar surface area (TPSA) is 162 Å². The molecule has 0 saturated carbocycles. The van der Waals surface area contributed by atoms with Crippen molar-refractivity contribution in [1.29, 1.82) is 0 Å². The van der Waals surface area contributed by atoms with Crippen LogP contribution < -0.4 is 16.6 Å². The highest BCUT2D eigenvalue weighted by atomic mass is 16.4. The number of aliphatic carboxylic acids is 1. The van der Waals surface area contributed by atoms with Crippen molar-refractivity contribution in [3.63, 3.8) is 0 Å². The van der Waals surface area contributed by atoms with Crippen LogP contribution in [-0.2, 0) is 16.9 Å². The van der Waals surface area contributed by atoms with Crippen LogP contribution in [0.4, 0.5) is 5.82 Å². The molecule has 202 valence electrons. The molecule has 0 aliphatic rings. The number of rotatable bonds is 8. The molecule has 0 radical (unpaired) electrons. The minimum atomic E-state index is -1.67. The van der Waals surface area contributed by atoms with Gasteiger partial charge in [0.2, 0.25) is 5.89 Å². The lowest BCUT2D eigenvalue weighted by atomic mass is 9.91. The molecule has 0 bridgehead atoms. The summed E-state index contributed by atoms with van der Waals surface area (Å²) in [4.78, 5) is 34.2. The van der Waals surface area contributed by atoms with Crippen molar-refractivity contribution >= 4 is 11.8 Å². The molecule has 0 aliphatic carbocycles. The van der Waals surface area contributed by atoms with E-state index in [1.54, 1.807) is 36.4 Å². The zero-order chi connectivity index (χ0) is 28.4. The third-order valence-electron chi connectivity index (χ3n) is 6.77. The molecule has 5 rings (SSSR count). The van der Waals surface area contributed by atoms with Crippen LogP contribution in [0.2, 0.25) is 0 Å². The van der Waals surface area contributed by atoms with Crippen LogP contribution in [0.15, 0.2) is 82.3 Å². The highest BCUT2D eigenvalue weighted by Gasteiger charge is 2.38. The molecular formula is C29H27N7O4. The number of nitrogens with one attached hydrogen (secondary N) is 1. The Morgan fingerprint density at radius 2 is 1.85 bits per heavy atom. The number of pyridine rings is 1. The van der Waals surface area contributed by atoms with Crippen LogP contribution in [0.1, 0.15) is 23.6 Å². The number of aryl methyl sites for hydroxylation is 1.